The van der Waals surface area contributed by atoms with Gasteiger partial charge in [0, 0.05) is 57.9 Å². The van der Waals surface area contributed by atoms with Crippen molar-refractivity contribution in [2.45, 2.75) is 46.6 Å². The number of benzene rings is 2. The molecule has 3 amide bonds. The molecule has 3 aromatic rings. The Kier molecular flexibility index (Phi) is 7.77. The van der Waals surface area contributed by atoms with Crippen molar-refractivity contribution in [2.24, 2.45) is 5.73 Å². The van der Waals surface area contributed by atoms with Crippen LogP contribution in [-0.2, 0) is 13.0 Å². The number of hydrogen-bond acceptors (Lipinski definition) is 5. The van der Waals surface area contributed by atoms with Crippen LogP contribution in [0.3, 0.4) is 0 Å². The molecule has 9 nitrogen and oxygen atoms in total. The maximum atomic E-state index is 12.7. The number of rotatable bonds is 7. The lowest BCUT2D eigenvalue weighted by Gasteiger charge is -2.37. The van der Waals surface area contributed by atoms with Crippen molar-refractivity contribution in [1.82, 2.24) is 20.0 Å². The van der Waals surface area contributed by atoms with Crippen LogP contribution in [0.2, 0.25) is 0 Å². The third-order valence-corrected chi connectivity index (χ3v) is 8.14. The number of carbonyl (C=O) groups excluding carboxylic acids is 2. The van der Waals surface area contributed by atoms with Gasteiger partial charge in [-0.05, 0) is 73.6 Å². The van der Waals surface area contributed by atoms with Gasteiger partial charge in [-0.2, -0.15) is 5.10 Å². The quantitative estimate of drug-likeness (QED) is 0.429. The highest BCUT2D eigenvalue weighted by Gasteiger charge is 2.27. The van der Waals surface area contributed by atoms with E-state index in [2.05, 4.69) is 77.6 Å². The molecule has 0 spiro atoms. The summed E-state index contributed by atoms with van der Waals surface area (Å²) >= 11 is 0. The van der Waals surface area contributed by atoms with Crippen molar-refractivity contribution in [3.63, 3.8) is 0 Å². The Morgan fingerprint density at radius 3 is 2.13 bits per heavy atom. The van der Waals surface area contributed by atoms with Crippen molar-refractivity contribution in [3.8, 4) is 0 Å². The maximum Gasteiger partial charge on any atom is 0.320 e. The molecule has 1 aromatic heterocycles. The fraction of sp³-hybridized carbons (Fsp3) is 0.433. The number of carbonyl (C=O) groups is 2. The van der Waals surface area contributed by atoms with Crippen molar-refractivity contribution < 1.29 is 9.59 Å². The number of primary amides is 1. The highest BCUT2D eigenvalue weighted by Crippen LogP contribution is 2.24. The van der Waals surface area contributed by atoms with E-state index >= 15 is 0 Å². The van der Waals surface area contributed by atoms with Crippen molar-refractivity contribution in [2.75, 3.05) is 49.5 Å². The second kappa shape index (κ2) is 11.4. The highest BCUT2D eigenvalue weighted by molar-refractivity contribution is 5.99. The summed E-state index contributed by atoms with van der Waals surface area (Å²) in [5.74, 6) is -0.0261. The fourth-order valence-electron chi connectivity index (χ4n) is 5.61. The number of anilines is 2. The number of piperazine rings is 1. The number of nitrogens with zero attached hydrogens (tertiary/aromatic N) is 4. The van der Waals surface area contributed by atoms with Gasteiger partial charge in [0.1, 0.15) is 5.56 Å². The lowest BCUT2D eigenvalue weighted by atomic mass is 10.0. The molecule has 0 radical (unpaired) electrons. The molecule has 39 heavy (non-hydrogen) atoms. The highest BCUT2D eigenvalue weighted by atomic mass is 16.2. The zero-order chi connectivity index (χ0) is 27.5. The SMILES string of the molecule is Cc1cc(CNc2n[nH]c(Cc3ccc(N4CCN(C(=O)N5CCCC5)CC4)cc3)c2C(N)=O)cc(C)c1C. The molecule has 206 valence electrons. The van der Waals surface area contributed by atoms with E-state index in [1.165, 1.54) is 16.7 Å². The molecule has 2 saturated heterocycles. The van der Waals surface area contributed by atoms with Gasteiger partial charge >= 0.3 is 6.03 Å². The smallest absolute Gasteiger partial charge is 0.320 e. The molecule has 5 rings (SSSR count). The third kappa shape index (κ3) is 5.87. The molecule has 2 fully saturated rings. The van der Waals surface area contributed by atoms with Gasteiger partial charge < -0.3 is 25.8 Å². The number of urea groups is 1. The summed E-state index contributed by atoms with van der Waals surface area (Å²) in [6.07, 6.45) is 2.75. The van der Waals surface area contributed by atoms with E-state index in [0.29, 0.717) is 30.0 Å². The molecule has 2 aliphatic rings. The molecule has 9 heteroatoms. The summed E-state index contributed by atoms with van der Waals surface area (Å²) in [6.45, 7) is 11.8. The number of amides is 3. The standard InChI is InChI=1S/C30H39N7O2/c1-20-16-24(17-21(2)22(20)3)19-32-29-27(28(31)38)26(33-34-29)18-23-6-8-25(9-7-23)35-12-14-37(15-13-35)30(39)36-10-4-5-11-36/h6-9,16-17H,4-5,10-15,18-19H2,1-3H3,(H2,31,38)(H2,32,33,34). The van der Waals surface area contributed by atoms with Crippen LogP contribution in [0.15, 0.2) is 36.4 Å². The largest absolute Gasteiger partial charge is 0.368 e. The predicted molar refractivity (Wildman–Crippen MR) is 154 cm³/mol. The summed E-state index contributed by atoms with van der Waals surface area (Å²) in [4.78, 5) is 31.3. The molecule has 4 N–H and O–H groups in total. The number of aromatic nitrogens is 2. The molecule has 0 aliphatic carbocycles. The molecule has 0 bridgehead atoms. The number of H-pyrrole nitrogens is 1. The average Bonchev–Trinajstić information content (AvgIpc) is 3.61. The molecular formula is C30H39N7O2. The van der Waals surface area contributed by atoms with E-state index in [0.717, 1.165) is 68.9 Å². The van der Waals surface area contributed by atoms with Gasteiger partial charge in [0.05, 0.1) is 5.69 Å². The topological polar surface area (TPSA) is 111 Å². The van der Waals surface area contributed by atoms with Gasteiger partial charge in [0.25, 0.3) is 5.91 Å². The lowest BCUT2D eigenvalue weighted by molar-refractivity contribution is 0.1000. The first-order valence-corrected chi connectivity index (χ1v) is 13.9. The third-order valence-electron chi connectivity index (χ3n) is 8.14. The Labute approximate surface area is 230 Å². The van der Waals surface area contributed by atoms with Gasteiger partial charge in [-0.25, -0.2) is 4.79 Å². The average molecular weight is 530 g/mol. The van der Waals surface area contributed by atoms with Crippen LogP contribution in [0.5, 0.6) is 0 Å². The van der Waals surface area contributed by atoms with Gasteiger partial charge in [0.15, 0.2) is 5.82 Å². The van der Waals surface area contributed by atoms with Crippen LogP contribution in [0.25, 0.3) is 0 Å². The normalized spacial score (nSPS) is 15.6. The number of likely N-dealkylation sites (tertiary alicyclic amines) is 1. The Morgan fingerprint density at radius 2 is 1.51 bits per heavy atom. The van der Waals surface area contributed by atoms with E-state index < -0.39 is 5.91 Å². The molecule has 0 saturated carbocycles. The molecule has 0 unspecified atom stereocenters. The monoisotopic (exact) mass is 529 g/mol. The number of nitrogens with two attached hydrogens (primary N) is 1. The van der Waals surface area contributed by atoms with Crippen molar-refractivity contribution >= 4 is 23.4 Å². The summed E-state index contributed by atoms with van der Waals surface area (Å²) in [7, 11) is 0. The van der Waals surface area contributed by atoms with Crippen LogP contribution in [0.4, 0.5) is 16.3 Å². The minimum atomic E-state index is -0.504. The number of hydrogen-bond donors (Lipinski definition) is 3. The second-order valence-corrected chi connectivity index (χ2v) is 10.8. The first kappa shape index (κ1) is 26.6. The zero-order valence-corrected chi connectivity index (χ0v) is 23.2. The summed E-state index contributed by atoms with van der Waals surface area (Å²) in [5, 5.41) is 10.7. The molecule has 0 atom stereocenters. The van der Waals surface area contributed by atoms with Crippen LogP contribution >= 0.6 is 0 Å². The van der Waals surface area contributed by atoms with E-state index in [-0.39, 0.29) is 6.03 Å². The zero-order valence-electron chi connectivity index (χ0n) is 23.2. The summed E-state index contributed by atoms with van der Waals surface area (Å²) in [5.41, 5.74) is 14.0. The van der Waals surface area contributed by atoms with Gasteiger partial charge in [-0.15, -0.1) is 0 Å². The Hall–Kier alpha value is -4.01. The number of aromatic amines is 1. The van der Waals surface area contributed by atoms with E-state index in [1.54, 1.807) is 0 Å². The Morgan fingerprint density at radius 1 is 0.897 bits per heavy atom. The van der Waals surface area contributed by atoms with Crippen LogP contribution < -0.4 is 16.0 Å². The number of nitrogens with one attached hydrogen (secondary N) is 2. The van der Waals surface area contributed by atoms with Gasteiger partial charge in [0.2, 0.25) is 0 Å². The van der Waals surface area contributed by atoms with Crippen molar-refractivity contribution in [1.29, 1.82) is 0 Å². The minimum Gasteiger partial charge on any atom is -0.368 e. The van der Waals surface area contributed by atoms with Crippen LogP contribution in [-0.4, -0.2) is 71.2 Å². The van der Waals surface area contributed by atoms with Gasteiger partial charge in [-0.1, -0.05) is 24.3 Å². The first-order valence-electron chi connectivity index (χ1n) is 13.9. The van der Waals surface area contributed by atoms with E-state index in [4.69, 9.17) is 5.73 Å². The van der Waals surface area contributed by atoms with Crippen LogP contribution in [0.1, 0.15) is 56.7 Å². The second-order valence-electron chi connectivity index (χ2n) is 10.8. The molecular weight excluding hydrogens is 490 g/mol. The molecule has 2 aliphatic heterocycles. The predicted octanol–water partition coefficient (Wildman–Crippen LogP) is 3.97. The summed E-state index contributed by atoms with van der Waals surface area (Å²) in [6, 6.07) is 12.9. The maximum absolute atomic E-state index is 12.7. The molecule has 3 heterocycles. The lowest BCUT2D eigenvalue weighted by Crippen LogP contribution is -2.52. The summed E-state index contributed by atoms with van der Waals surface area (Å²) < 4.78 is 0. The van der Waals surface area contributed by atoms with E-state index in [1.807, 2.05) is 9.80 Å². The minimum absolute atomic E-state index is 0.185. The van der Waals surface area contributed by atoms with Crippen molar-refractivity contribution in [3.05, 3.63) is 75.5 Å². The molecule has 2 aromatic carbocycles. The first-order chi connectivity index (χ1) is 18.8. The Balaban J connectivity index is 1.20. The Bertz CT molecular complexity index is 1310. The fourth-order valence-corrected chi connectivity index (χ4v) is 5.61. The van der Waals surface area contributed by atoms with E-state index in [9.17, 15) is 9.59 Å². The van der Waals surface area contributed by atoms with Gasteiger partial charge in [-0.3, -0.25) is 9.89 Å². The van der Waals surface area contributed by atoms with Crippen LogP contribution in [0, 0.1) is 20.8 Å². The number of aryl methyl sites for hydroxylation is 2.